The molecule has 0 amide bonds. The Morgan fingerprint density at radius 2 is 2.06 bits per heavy atom. The molecule has 0 fully saturated rings. The van der Waals surface area contributed by atoms with E-state index >= 15 is 0 Å². The smallest absolute Gasteiger partial charge is 0.270 e. The molecule has 0 atom stereocenters. The third-order valence-electron chi connectivity index (χ3n) is 3.03. The van der Waals surface area contributed by atoms with E-state index in [0.29, 0.717) is 22.7 Å². The highest BCUT2D eigenvalue weighted by atomic mass is 16.1. The maximum absolute atomic E-state index is 12.2. The Morgan fingerprint density at radius 1 is 1.17 bits per heavy atom. The van der Waals surface area contributed by atoms with Crippen molar-refractivity contribution in [2.24, 2.45) is 0 Å². The number of rotatable bonds is 0. The summed E-state index contributed by atoms with van der Waals surface area (Å²) in [5, 5.41) is 8.06. The van der Waals surface area contributed by atoms with Gasteiger partial charge in [-0.05, 0) is 13.0 Å². The minimum atomic E-state index is -0.107. The Kier molecular flexibility index (Phi) is 1.56. The predicted octanol–water partition coefficient (Wildman–Crippen LogP) is 1.04. The summed E-state index contributed by atoms with van der Waals surface area (Å²) in [6, 6.07) is 5.67. The lowest BCUT2D eigenvalue weighted by Gasteiger charge is -1.99. The molecular formula is C12H7N5O. The number of hydrogen-bond donors (Lipinski definition) is 0. The van der Waals surface area contributed by atoms with Crippen molar-refractivity contribution in [2.45, 2.75) is 6.92 Å². The van der Waals surface area contributed by atoms with Crippen LogP contribution in [0.1, 0.15) is 21.6 Å². The van der Waals surface area contributed by atoms with E-state index in [9.17, 15) is 4.79 Å². The van der Waals surface area contributed by atoms with Crippen molar-refractivity contribution in [1.82, 2.24) is 24.8 Å². The Hall–Kier alpha value is -2.63. The summed E-state index contributed by atoms with van der Waals surface area (Å²) in [5.74, 6) is 0.292. The predicted molar refractivity (Wildman–Crippen MR) is 62.2 cm³/mol. The SMILES string of the molecule is Cc1ccc2c(c1)-c1nc3ncnn3nc1C2=O. The van der Waals surface area contributed by atoms with Crippen molar-refractivity contribution >= 4 is 11.6 Å². The van der Waals surface area contributed by atoms with Gasteiger partial charge < -0.3 is 0 Å². The highest BCUT2D eigenvalue weighted by Gasteiger charge is 2.30. The summed E-state index contributed by atoms with van der Waals surface area (Å²) in [5.41, 5.74) is 3.49. The fraction of sp³-hybridized carbons (Fsp3) is 0.0833. The summed E-state index contributed by atoms with van der Waals surface area (Å²) >= 11 is 0. The van der Waals surface area contributed by atoms with Gasteiger partial charge in [0.2, 0.25) is 5.78 Å². The first-order chi connectivity index (χ1) is 8.74. The zero-order chi connectivity index (χ0) is 12.3. The maximum atomic E-state index is 12.2. The minimum absolute atomic E-state index is 0.107. The third kappa shape index (κ3) is 1.04. The van der Waals surface area contributed by atoms with E-state index in [1.165, 1.54) is 11.0 Å². The number of hydrogen-bond acceptors (Lipinski definition) is 5. The molecule has 0 saturated heterocycles. The molecule has 1 aliphatic rings. The van der Waals surface area contributed by atoms with E-state index in [1.807, 2.05) is 25.1 Å². The van der Waals surface area contributed by atoms with Crippen LogP contribution in [0.15, 0.2) is 24.5 Å². The Balaban J connectivity index is 2.13. The maximum Gasteiger partial charge on any atom is 0.270 e. The normalized spacial score (nSPS) is 12.8. The number of benzene rings is 1. The molecule has 0 saturated carbocycles. The van der Waals surface area contributed by atoms with Crippen LogP contribution < -0.4 is 0 Å². The first kappa shape index (κ1) is 9.41. The van der Waals surface area contributed by atoms with Gasteiger partial charge in [-0.1, -0.05) is 17.7 Å². The molecule has 2 heterocycles. The molecule has 6 heteroatoms. The van der Waals surface area contributed by atoms with Gasteiger partial charge in [0.25, 0.3) is 5.78 Å². The van der Waals surface area contributed by atoms with Gasteiger partial charge >= 0.3 is 0 Å². The Labute approximate surface area is 101 Å². The van der Waals surface area contributed by atoms with Crippen molar-refractivity contribution in [3.05, 3.63) is 41.3 Å². The molecule has 86 valence electrons. The van der Waals surface area contributed by atoms with E-state index in [1.54, 1.807) is 0 Å². The number of carbonyl (C=O) groups is 1. The highest BCUT2D eigenvalue weighted by molar-refractivity contribution is 6.19. The quantitative estimate of drug-likeness (QED) is 0.457. The molecule has 1 aliphatic carbocycles. The fourth-order valence-corrected chi connectivity index (χ4v) is 2.19. The first-order valence-corrected chi connectivity index (χ1v) is 5.48. The number of aryl methyl sites for hydroxylation is 1. The minimum Gasteiger partial charge on any atom is -0.287 e. The second kappa shape index (κ2) is 2.98. The second-order valence-corrected chi connectivity index (χ2v) is 4.24. The highest BCUT2D eigenvalue weighted by Crippen LogP contribution is 2.34. The molecule has 18 heavy (non-hydrogen) atoms. The van der Waals surface area contributed by atoms with E-state index in [4.69, 9.17) is 0 Å². The Morgan fingerprint density at radius 3 is 2.94 bits per heavy atom. The topological polar surface area (TPSA) is 73.0 Å². The molecule has 4 rings (SSSR count). The molecular weight excluding hydrogens is 230 g/mol. The van der Waals surface area contributed by atoms with Crippen LogP contribution in [0.5, 0.6) is 0 Å². The van der Waals surface area contributed by atoms with Crippen LogP contribution in [0, 0.1) is 6.92 Å². The lowest BCUT2D eigenvalue weighted by Crippen LogP contribution is -2.05. The van der Waals surface area contributed by atoms with E-state index in [0.717, 1.165) is 11.1 Å². The van der Waals surface area contributed by atoms with Gasteiger partial charge in [-0.15, -0.1) is 14.8 Å². The number of ketones is 1. The lowest BCUT2D eigenvalue weighted by atomic mass is 10.1. The second-order valence-electron chi connectivity index (χ2n) is 4.24. The van der Waals surface area contributed by atoms with Gasteiger partial charge in [-0.3, -0.25) is 4.79 Å². The van der Waals surface area contributed by atoms with Gasteiger partial charge in [-0.25, -0.2) is 4.98 Å². The van der Waals surface area contributed by atoms with Crippen molar-refractivity contribution in [3.8, 4) is 11.3 Å². The molecule has 0 bridgehead atoms. The summed E-state index contributed by atoms with van der Waals surface area (Å²) in [6.07, 6.45) is 1.37. The van der Waals surface area contributed by atoms with Crippen LogP contribution in [0.4, 0.5) is 0 Å². The zero-order valence-electron chi connectivity index (χ0n) is 9.45. The average Bonchev–Trinajstić information content (AvgIpc) is 2.92. The van der Waals surface area contributed by atoms with Crippen molar-refractivity contribution < 1.29 is 4.79 Å². The van der Waals surface area contributed by atoms with E-state index in [2.05, 4.69) is 20.2 Å². The third-order valence-corrected chi connectivity index (χ3v) is 3.03. The molecule has 3 aromatic rings. The van der Waals surface area contributed by atoms with Crippen molar-refractivity contribution in [3.63, 3.8) is 0 Å². The van der Waals surface area contributed by atoms with Gasteiger partial charge in [0, 0.05) is 11.1 Å². The van der Waals surface area contributed by atoms with Gasteiger partial charge in [0.05, 0.1) is 0 Å². The molecule has 0 unspecified atom stereocenters. The number of nitrogens with zero attached hydrogens (tertiary/aromatic N) is 5. The molecule has 6 nitrogen and oxygen atoms in total. The first-order valence-electron chi connectivity index (χ1n) is 5.48. The number of fused-ring (bicyclic) bond motifs is 4. The summed E-state index contributed by atoms with van der Waals surface area (Å²) in [4.78, 5) is 20.5. The van der Waals surface area contributed by atoms with Crippen molar-refractivity contribution in [1.29, 1.82) is 0 Å². The van der Waals surface area contributed by atoms with Crippen molar-refractivity contribution in [2.75, 3.05) is 0 Å². The van der Waals surface area contributed by atoms with Crippen LogP contribution in [-0.4, -0.2) is 30.6 Å². The van der Waals surface area contributed by atoms with Gasteiger partial charge in [0.15, 0.2) is 5.69 Å². The lowest BCUT2D eigenvalue weighted by molar-refractivity contribution is 0.103. The number of carbonyl (C=O) groups excluding carboxylic acids is 1. The van der Waals surface area contributed by atoms with Gasteiger partial charge in [0.1, 0.15) is 12.0 Å². The van der Waals surface area contributed by atoms with Crippen LogP contribution in [0.25, 0.3) is 17.0 Å². The molecule has 0 radical (unpaired) electrons. The standard InChI is InChI=1S/C12H7N5O/c1-6-2-3-7-8(4-6)9-10(11(7)18)16-17-12(15-9)13-5-14-17/h2-5H,1H3. The average molecular weight is 237 g/mol. The molecule has 2 aromatic heterocycles. The molecule has 0 N–H and O–H groups in total. The summed E-state index contributed by atoms with van der Waals surface area (Å²) in [6.45, 7) is 1.98. The van der Waals surface area contributed by atoms with Gasteiger partial charge in [-0.2, -0.15) is 4.98 Å². The van der Waals surface area contributed by atoms with Crippen LogP contribution in [0.3, 0.4) is 0 Å². The molecule has 0 aliphatic heterocycles. The fourth-order valence-electron chi connectivity index (χ4n) is 2.19. The summed E-state index contributed by atoms with van der Waals surface area (Å²) in [7, 11) is 0. The van der Waals surface area contributed by atoms with Crippen LogP contribution in [-0.2, 0) is 0 Å². The van der Waals surface area contributed by atoms with Crippen LogP contribution >= 0.6 is 0 Å². The molecule has 0 spiro atoms. The zero-order valence-corrected chi connectivity index (χ0v) is 9.45. The summed E-state index contributed by atoms with van der Waals surface area (Å²) < 4.78 is 1.27. The largest absolute Gasteiger partial charge is 0.287 e. The molecule has 1 aromatic carbocycles. The number of aromatic nitrogens is 5. The monoisotopic (exact) mass is 237 g/mol. The Bertz CT molecular complexity index is 820. The van der Waals surface area contributed by atoms with E-state index < -0.39 is 0 Å². The van der Waals surface area contributed by atoms with Crippen LogP contribution in [0.2, 0.25) is 0 Å². The van der Waals surface area contributed by atoms with E-state index in [-0.39, 0.29) is 5.78 Å².